The Morgan fingerprint density at radius 1 is 0.194 bits per heavy atom. The Bertz CT molecular complexity index is 8000. The summed E-state index contributed by atoms with van der Waals surface area (Å²) in [6.45, 7) is 4.67. The zero-order valence-corrected chi connectivity index (χ0v) is 71.9. The highest BCUT2D eigenvalue weighted by Gasteiger charge is 2.36. The number of fused-ring (bicyclic) bond motifs is 9. The quantitative estimate of drug-likeness (QED) is 0.0702. The number of hydrogen-bond acceptors (Lipinski definition) is 7. The van der Waals surface area contributed by atoms with E-state index in [-0.39, 0.29) is 5.41 Å². The molecule has 4 heterocycles. The first kappa shape index (κ1) is 78.7. The van der Waals surface area contributed by atoms with Gasteiger partial charge in [0.15, 0.2) is 18.8 Å². The van der Waals surface area contributed by atoms with Gasteiger partial charge in [0.1, 0.15) is 0 Å². The Balaban J connectivity index is 0.000000152. The van der Waals surface area contributed by atoms with Gasteiger partial charge in [-0.15, -0.1) is 0 Å². The van der Waals surface area contributed by atoms with Gasteiger partial charge in [0.05, 0.1) is 45.2 Å². The van der Waals surface area contributed by atoms with Crippen molar-refractivity contribution in [2.75, 3.05) is 0 Å². The maximum absolute atomic E-state index is 15.2. The summed E-state index contributed by atoms with van der Waals surface area (Å²) in [6.07, 6.45) is 0. The van der Waals surface area contributed by atoms with E-state index in [9.17, 15) is 0 Å². The molecule has 8 heteroatoms. The lowest BCUT2D eigenvalue weighted by atomic mass is 9.81. The van der Waals surface area contributed by atoms with Gasteiger partial charge in [0.2, 0.25) is 0 Å². The zero-order chi connectivity index (χ0) is 86.4. The van der Waals surface area contributed by atoms with Gasteiger partial charge < -0.3 is 4.57 Å². The van der Waals surface area contributed by atoms with Crippen LogP contribution < -0.4 is 15.9 Å². The molecule has 129 heavy (non-hydrogen) atoms. The largest absolute Gasteiger partial charge is 0.309 e. The van der Waals surface area contributed by atoms with E-state index in [1.165, 1.54) is 60.8 Å². The summed E-state index contributed by atoms with van der Waals surface area (Å²) >= 11 is 0. The van der Waals surface area contributed by atoms with Crippen LogP contribution in [0.2, 0.25) is 0 Å². The minimum Gasteiger partial charge on any atom is -0.309 e. The number of nitrogens with zero attached hydrogens (tertiary/aromatic N) is 6. The average molecular weight is 1670 g/mol. The first-order valence-electron chi connectivity index (χ1n) is 43.8. The van der Waals surface area contributed by atoms with E-state index < -0.39 is 7.14 Å². The van der Waals surface area contributed by atoms with Crippen LogP contribution in [0.3, 0.4) is 0 Å². The fourth-order valence-electron chi connectivity index (χ4n) is 18.9. The smallest absolute Gasteiger partial charge is 0.171 e. The molecule has 0 fully saturated rings. The molecular formula is C121H83N6OP. The van der Waals surface area contributed by atoms with Crippen molar-refractivity contribution in [3.05, 3.63) is 478 Å². The molecule has 0 saturated heterocycles. The van der Waals surface area contributed by atoms with Gasteiger partial charge in [-0.05, 0) is 97.1 Å². The lowest BCUT2D eigenvalue weighted by Crippen LogP contribution is -2.24. The van der Waals surface area contributed by atoms with E-state index in [1.807, 2.05) is 140 Å². The Morgan fingerprint density at radius 2 is 0.496 bits per heavy atom. The fourth-order valence-corrected chi connectivity index (χ4v) is 21.5. The predicted octanol–water partition coefficient (Wildman–Crippen LogP) is 30.0. The van der Waals surface area contributed by atoms with Crippen molar-refractivity contribution in [1.82, 2.24) is 29.9 Å². The average Bonchev–Trinajstić information content (AvgIpc) is 1.49. The van der Waals surface area contributed by atoms with Crippen molar-refractivity contribution in [1.29, 1.82) is 0 Å². The molecule has 22 aromatic rings. The monoisotopic (exact) mass is 1670 g/mol. The molecular weight excluding hydrogens is 1580 g/mol. The van der Waals surface area contributed by atoms with E-state index in [1.54, 1.807) is 0 Å². The highest BCUT2D eigenvalue weighted by atomic mass is 31.2. The van der Waals surface area contributed by atoms with Gasteiger partial charge in [-0.3, -0.25) is 0 Å². The van der Waals surface area contributed by atoms with Crippen LogP contribution >= 0.6 is 7.14 Å². The van der Waals surface area contributed by atoms with Crippen molar-refractivity contribution in [3.8, 4) is 157 Å². The van der Waals surface area contributed by atoms with Crippen LogP contribution in [-0.4, -0.2) is 29.9 Å². The van der Waals surface area contributed by atoms with Crippen LogP contribution in [0.4, 0.5) is 0 Å². The maximum Gasteiger partial charge on any atom is 0.171 e. The molecule has 0 radical (unpaired) electrons. The highest BCUT2D eigenvalue weighted by molar-refractivity contribution is 7.85. The standard InChI is InChI=1S/C62H43N3.C59H40N3OP/c1-62(2)54-30-13-12-25-50(54)51-36-35-45(38-55(51)62)40-31-33-42(34-32-40)56-39-57(64-61(63-56)44-21-10-5-11-22-44)47-24-14-23-46(37-47)49-27-16-29-53-58-48(41-17-6-3-7-18-41)26-15-28-52(58)59(65-60(49)53)43-19-8-4-9-20-43;63-64(47-27-12-4-13-28-47,48-29-14-5-15-30-48)49-37-35-42(36-38-49)54-40-55(61-59(60-54)44-23-10-3-11-24-44)46-26-16-25-45(39-46)51-32-18-34-53-56-50(41-19-6-1-7-20-41)31-17-33-52(56)57(62-58(51)53)43-21-8-2-9-22-43/h3-39H,1-2H3;1-40H. The third-order valence-electron chi connectivity index (χ3n) is 25.3. The van der Waals surface area contributed by atoms with Crippen LogP contribution in [0, 0.1) is 0 Å². The first-order valence-corrected chi connectivity index (χ1v) is 45.5. The fraction of sp³-hybridized carbons (Fsp3) is 0.0248. The summed E-state index contributed by atoms with van der Waals surface area (Å²) in [5, 5.41) is 9.21. The molecule has 0 N–H and O–H groups in total. The van der Waals surface area contributed by atoms with Crippen molar-refractivity contribution in [2.45, 2.75) is 19.3 Å². The van der Waals surface area contributed by atoms with Crippen molar-refractivity contribution in [2.24, 2.45) is 0 Å². The maximum atomic E-state index is 15.2. The van der Waals surface area contributed by atoms with Crippen molar-refractivity contribution in [3.63, 3.8) is 0 Å². The molecule has 0 atom stereocenters. The first-order chi connectivity index (χ1) is 63.6. The SMILES string of the molecule is CC1(C)c2ccccc2-c2ccc(-c3ccc(-c4cc(-c5cccc(-c6cccc7c6nc(-c6ccccc6)c6cccc(-c8ccccc8)c67)c5)nc(-c5ccccc5)n4)cc3)cc21.O=P(c1ccccc1)(c1ccccc1)c1ccc(-c2cc(-c3cccc(-c4cccc5c4nc(-c4ccccc4)c4cccc(-c6ccccc6)c45)c3)nc(-c3ccccc3)n2)cc1. The van der Waals surface area contributed by atoms with Gasteiger partial charge in [-0.1, -0.05) is 451 Å². The molecule has 4 aromatic heterocycles. The van der Waals surface area contributed by atoms with Gasteiger partial charge in [0, 0.05) is 109 Å². The third-order valence-corrected chi connectivity index (χ3v) is 28.4. The van der Waals surface area contributed by atoms with Crippen LogP contribution in [-0.2, 0) is 9.98 Å². The van der Waals surface area contributed by atoms with Gasteiger partial charge in [0.25, 0.3) is 0 Å². The molecule has 0 aliphatic heterocycles. The zero-order valence-electron chi connectivity index (χ0n) is 71.0. The summed E-state index contributed by atoms with van der Waals surface area (Å²) in [5.74, 6) is 1.31. The Morgan fingerprint density at radius 3 is 0.930 bits per heavy atom. The Labute approximate surface area is 750 Å². The molecule has 18 aromatic carbocycles. The molecule has 0 bridgehead atoms. The van der Waals surface area contributed by atoms with Crippen LogP contribution in [0.1, 0.15) is 25.0 Å². The Hall–Kier alpha value is -16.3. The minimum absolute atomic E-state index is 0.0557. The van der Waals surface area contributed by atoms with Crippen LogP contribution in [0.5, 0.6) is 0 Å². The summed E-state index contributed by atoms with van der Waals surface area (Å²) in [7, 11) is -3.15. The number of rotatable bonds is 16. The van der Waals surface area contributed by atoms with Crippen LogP contribution in [0.25, 0.3) is 200 Å². The second-order valence-electron chi connectivity index (χ2n) is 33.4. The molecule has 0 unspecified atom stereocenters. The number of pyridine rings is 2. The molecule has 0 spiro atoms. The minimum atomic E-state index is -3.15. The van der Waals surface area contributed by atoms with Gasteiger partial charge >= 0.3 is 0 Å². The van der Waals surface area contributed by atoms with Gasteiger partial charge in [-0.2, -0.15) is 0 Å². The molecule has 0 saturated carbocycles. The van der Waals surface area contributed by atoms with E-state index in [0.29, 0.717) is 11.6 Å². The lowest BCUT2D eigenvalue weighted by Gasteiger charge is -2.22. The van der Waals surface area contributed by atoms with E-state index in [4.69, 9.17) is 29.9 Å². The van der Waals surface area contributed by atoms with Crippen molar-refractivity contribution < 1.29 is 4.57 Å². The topological polar surface area (TPSA) is 94.4 Å². The molecule has 23 rings (SSSR count). The van der Waals surface area contributed by atoms with E-state index in [0.717, 1.165) is 155 Å². The van der Waals surface area contributed by atoms with Crippen LogP contribution in [0.15, 0.2) is 467 Å². The summed E-state index contributed by atoms with van der Waals surface area (Å²) < 4.78 is 15.2. The lowest BCUT2D eigenvalue weighted by molar-refractivity contribution is 0.592. The van der Waals surface area contributed by atoms with Gasteiger partial charge in [-0.25, -0.2) is 29.9 Å². The molecule has 1 aliphatic rings. The number of hydrogen-bond donors (Lipinski definition) is 0. The molecule has 1 aliphatic carbocycles. The summed E-state index contributed by atoms with van der Waals surface area (Å²) in [6, 6.07) is 163. The molecule has 0 amide bonds. The Kier molecular flexibility index (Phi) is 20.5. The second-order valence-corrected chi connectivity index (χ2v) is 36.2. The number of aromatic nitrogens is 6. The molecule has 608 valence electrons. The number of para-hydroxylation sites is 2. The highest BCUT2D eigenvalue weighted by Crippen LogP contribution is 2.51. The predicted molar refractivity (Wildman–Crippen MR) is 537 cm³/mol. The second kappa shape index (κ2) is 33.6. The normalized spacial score (nSPS) is 12.0. The summed E-state index contributed by atoms with van der Waals surface area (Å²) in [5.41, 5.74) is 31.8. The summed E-state index contributed by atoms with van der Waals surface area (Å²) in [4.78, 5) is 31.8. The molecule has 7 nitrogen and oxygen atoms in total. The third kappa shape index (κ3) is 14.8. The van der Waals surface area contributed by atoms with E-state index >= 15 is 4.57 Å². The van der Waals surface area contributed by atoms with E-state index in [2.05, 4.69) is 341 Å². The van der Waals surface area contributed by atoms with Crippen molar-refractivity contribution >= 4 is 66.4 Å². The number of benzene rings is 18.